The molecule has 0 aliphatic heterocycles. The molecule has 0 aromatic heterocycles. The third-order valence-electron chi connectivity index (χ3n) is 4.23. The average molecular weight is 182 g/mol. The van der Waals surface area contributed by atoms with Gasteiger partial charge in [0.05, 0.1) is 0 Å². The van der Waals surface area contributed by atoms with E-state index in [4.69, 9.17) is 5.73 Å². The van der Waals surface area contributed by atoms with Gasteiger partial charge in [0.1, 0.15) is 0 Å². The van der Waals surface area contributed by atoms with Gasteiger partial charge in [-0.2, -0.15) is 0 Å². The molecular weight excluding hydrogens is 160 g/mol. The number of nitrogens with one attached hydrogen (secondary N) is 1. The number of rotatable bonds is 2. The zero-order valence-corrected chi connectivity index (χ0v) is 8.68. The smallest absolute Gasteiger partial charge is 0.00644 e. The van der Waals surface area contributed by atoms with Crippen LogP contribution in [0.5, 0.6) is 0 Å². The van der Waals surface area contributed by atoms with Gasteiger partial charge in [-0.25, -0.2) is 0 Å². The summed E-state index contributed by atoms with van der Waals surface area (Å²) in [5.74, 6) is 0.853. The van der Waals surface area contributed by atoms with E-state index in [1.807, 2.05) is 0 Å². The zero-order chi connectivity index (χ0) is 9.31. The molecule has 3 N–H and O–H groups in total. The van der Waals surface area contributed by atoms with Gasteiger partial charge in [-0.3, -0.25) is 0 Å². The standard InChI is InChI=1S/C11H22N2/c1-13-10-2-4-11(5-3-10)6-9(7-11)8-12/h9-10,13H,2-8,12H2,1H3. The van der Waals surface area contributed by atoms with E-state index >= 15 is 0 Å². The van der Waals surface area contributed by atoms with Gasteiger partial charge in [0.25, 0.3) is 0 Å². The molecule has 0 amide bonds. The fourth-order valence-corrected chi connectivity index (χ4v) is 3.26. The van der Waals surface area contributed by atoms with Crippen molar-refractivity contribution in [1.29, 1.82) is 0 Å². The Balaban J connectivity index is 1.79. The summed E-state index contributed by atoms with van der Waals surface area (Å²) < 4.78 is 0. The zero-order valence-electron chi connectivity index (χ0n) is 8.68. The predicted molar refractivity (Wildman–Crippen MR) is 55.5 cm³/mol. The van der Waals surface area contributed by atoms with Crippen LogP contribution in [0.4, 0.5) is 0 Å². The largest absolute Gasteiger partial charge is 0.330 e. The summed E-state index contributed by atoms with van der Waals surface area (Å²) in [6.45, 7) is 0.914. The summed E-state index contributed by atoms with van der Waals surface area (Å²) in [4.78, 5) is 0. The molecule has 76 valence electrons. The van der Waals surface area contributed by atoms with Gasteiger partial charge in [0, 0.05) is 6.04 Å². The highest BCUT2D eigenvalue weighted by Crippen LogP contribution is 2.54. The molecule has 0 heterocycles. The van der Waals surface area contributed by atoms with Crippen LogP contribution in [-0.2, 0) is 0 Å². The second kappa shape index (κ2) is 3.58. The molecule has 0 saturated heterocycles. The van der Waals surface area contributed by atoms with Gasteiger partial charge in [-0.1, -0.05) is 0 Å². The van der Waals surface area contributed by atoms with Crippen LogP contribution in [0.25, 0.3) is 0 Å². The fraction of sp³-hybridized carbons (Fsp3) is 1.00. The Hall–Kier alpha value is -0.0800. The van der Waals surface area contributed by atoms with Crippen molar-refractivity contribution in [2.24, 2.45) is 17.1 Å². The third-order valence-corrected chi connectivity index (χ3v) is 4.23. The minimum absolute atomic E-state index is 0.734. The minimum atomic E-state index is 0.734. The maximum absolute atomic E-state index is 5.66. The van der Waals surface area contributed by atoms with Crippen molar-refractivity contribution in [2.45, 2.75) is 44.6 Å². The van der Waals surface area contributed by atoms with Crippen LogP contribution in [0.15, 0.2) is 0 Å². The average Bonchev–Trinajstić information content (AvgIpc) is 2.14. The van der Waals surface area contributed by atoms with Crippen molar-refractivity contribution in [3.63, 3.8) is 0 Å². The summed E-state index contributed by atoms with van der Waals surface area (Å²) in [5.41, 5.74) is 6.40. The quantitative estimate of drug-likeness (QED) is 0.679. The molecule has 1 spiro atoms. The fourth-order valence-electron chi connectivity index (χ4n) is 3.26. The Morgan fingerprint density at radius 3 is 2.38 bits per heavy atom. The molecule has 2 saturated carbocycles. The molecule has 2 aliphatic rings. The van der Waals surface area contributed by atoms with Crippen LogP contribution < -0.4 is 11.1 Å². The van der Waals surface area contributed by atoms with Crippen LogP contribution in [-0.4, -0.2) is 19.6 Å². The van der Waals surface area contributed by atoms with Gasteiger partial charge in [-0.15, -0.1) is 0 Å². The molecule has 0 atom stereocenters. The molecule has 0 aromatic carbocycles. The molecule has 2 rings (SSSR count). The lowest BCUT2D eigenvalue weighted by Gasteiger charge is -2.51. The lowest BCUT2D eigenvalue weighted by molar-refractivity contribution is 0.0116. The number of nitrogens with two attached hydrogens (primary N) is 1. The van der Waals surface area contributed by atoms with E-state index in [-0.39, 0.29) is 0 Å². The topological polar surface area (TPSA) is 38.0 Å². The molecule has 2 fully saturated rings. The monoisotopic (exact) mass is 182 g/mol. The van der Waals surface area contributed by atoms with Gasteiger partial charge in [0.15, 0.2) is 0 Å². The number of hydrogen-bond donors (Lipinski definition) is 2. The molecule has 0 radical (unpaired) electrons. The highest BCUT2D eigenvalue weighted by atomic mass is 14.9. The molecular formula is C11H22N2. The molecule has 2 nitrogen and oxygen atoms in total. The highest BCUT2D eigenvalue weighted by molar-refractivity contribution is 4.97. The van der Waals surface area contributed by atoms with E-state index in [2.05, 4.69) is 12.4 Å². The van der Waals surface area contributed by atoms with E-state index in [0.717, 1.165) is 23.9 Å². The van der Waals surface area contributed by atoms with Crippen molar-refractivity contribution >= 4 is 0 Å². The number of hydrogen-bond acceptors (Lipinski definition) is 2. The first-order chi connectivity index (χ1) is 6.28. The summed E-state index contributed by atoms with van der Waals surface area (Å²) in [7, 11) is 2.09. The van der Waals surface area contributed by atoms with Gasteiger partial charge in [-0.05, 0) is 63.5 Å². The second-order valence-corrected chi connectivity index (χ2v) is 5.07. The van der Waals surface area contributed by atoms with Gasteiger partial charge < -0.3 is 11.1 Å². The Morgan fingerprint density at radius 1 is 1.31 bits per heavy atom. The Kier molecular flexibility index (Phi) is 2.61. The van der Waals surface area contributed by atoms with Crippen molar-refractivity contribution in [1.82, 2.24) is 5.32 Å². The van der Waals surface area contributed by atoms with Crippen LogP contribution >= 0.6 is 0 Å². The maximum atomic E-state index is 5.66. The van der Waals surface area contributed by atoms with E-state index < -0.39 is 0 Å². The normalized spacial score (nSPS) is 44.8. The van der Waals surface area contributed by atoms with Crippen LogP contribution in [0.3, 0.4) is 0 Å². The SMILES string of the molecule is CNC1CCC2(CC1)CC(CN)C2. The first-order valence-electron chi connectivity index (χ1n) is 5.65. The second-order valence-electron chi connectivity index (χ2n) is 5.07. The Bertz CT molecular complexity index is 163. The molecule has 0 bridgehead atoms. The summed E-state index contributed by atoms with van der Waals surface area (Å²) in [5, 5.41) is 3.39. The summed E-state index contributed by atoms with van der Waals surface area (Å²) >= 11 is 0. The third kappa shape index (κ3) is 1.75. The van der Waals surface area contributed by atoms with E-state index in [1.54, 1.807) is 0 Å². The first-order valence-corrected chi connectivity index (χ1v) is 5.65. The van der Waals surface area contributed by atoms with Crippen molar-refractivity contribution in [3.05, 3.63) is 0 Å². The lowest BCUT2D eigenvalue weighted by atomic mass is 9.55. The lowest BCUT2D eigenvalue weighted by Crippen LogP contribution is -2.45. The van der Waals surface area contributed by atoms with E-state index in [1.165, 1.54) is 38.5 Å². The van der Waals surface area contributed by atoms with Crippen LogP contribution in [0.1, 0.15) is 38.5 Å². The summed E-state index contributed by atoms with van der Waals surface area (Å²) in [6, 6.07) is 0.794. The van der Waals surface area contributed by atoms with Crippen molar-refractivity contribution < 1.29 is 0 Å². The summed E-state index contributed by atoms with van der Waals surface area (Å²) in [6.07, 6.45) is 8.48. The first kappa shape index (κ1) is 9.47. The molecule has 13 heavy (non-hydrogen) atoms. The van der Waals surface area contributed by atoms with Gasteiger partial charge in [0.2, 0.25) is 0 Å². The van der Waals surface area contributed by atoms with E-state index in [0.29, 0.717) is 0 Å². The predicted octanol–water partition coefficient (Wildman–Crippen LogP) is 1.50. The highest BCUT2D eigenvalue weighted by Gasteiger charge is 2.44. The van der Waals surface area contributed by atoms with Crippen molar-refractivity contribution in [2.75, 3.05) is 13.6 Å². The van der Waals surface area contributed by atoms with Crippen molar-refractivity contribution in [3.8, 4) is 0 Å². The minimum Gasteiger partial charge on any atom is -0.330 e. The van der Waals surface area contributed by atoms with E-state index in [9.17, 15) is 0 Å². The maximum Gasteiger partial charge on any atom is 0.00644 e. The Morgan fingerprint density at radius 2 is 1.92 bits per heavy atom. The van der Waals surface area contributed by atoms with Crippen LogP contribution in [0, 0.1) is 11.3 Å². The van der Waals surface area contributed by atoms with Gasteiger partial charge >= 0.3 is 0 Å². The molecule has 0 unspecified atom stereocenters. The molecule has 2 aliphatic carbocycles. The molecule has 2 heteroatoms. The molecule has 0 aromatic rings. The Labute approximate surface area is 81.3 Å². The van der Waals surface area contributed by atoms with Crippen LogP contribution in [0.2, 0.25) is 0 Å².